The van der Waals surface area contributed by atoms with Gasteiger partial charge in [0, 0.05) is 18.6 Å². The molecule has 1 amide bonds. The molecule has 0 fully saturated rings. The number of halogens is 1. The van der Waals surface area contributed by atoms with Crippen LogP contribution in [0.1, 0.15) is 39.7 Å². The van der Waals surface area contributed by atoms with Crippen molar-refractivity contribution in [1.82, 2.24) is 10.6 Å². The van der Waals surface area contributed by atoms with Gasteiger partial charge in [0.1, 0.15) is 5.75 Å². The summed E-state index contributed by atoms with van der Waals surface area (Å²) in [5, 5.41) is 6.24. The molecule has 0 radical (unpaired) electrons. The molecule has 0 aromatic heterocycles. The van der Waals surface area contributed by atoms with E-state index < -0.39 is 0 Å². The third-order valence-corrected chi connectivity index (χ3v) is 3.71. The molecule has 1 unspecified atom stereocenters. The highest BCUT2D eigenvalue weighted by Gasteiger charge is 2.08. The van der Waals surface area contributed by atoms with E-state index >= 15 is 0 Å². The van der Waals surface area contributed by atoms with Gasteiger partial charge in [-0.15, -0.1) is 0 Å². The Kier molecular flexibility index (Phi) is 7.75. The normalized spacial score (nSPS) is 12.3. The summed E-state index contributed by atoms with van der Waals surface area (Å²) in [5.41, 5.74) is 1.17. The fourth-order valence-corrected chi connectivity index (χ4v) is 2.20. The lowest BCUT2D eigenvalue weighted by atomic mass is 10.2. The van der Waals surface area contributed by atoms with Crippen LogP contribution in [-0.4, -0.2) is 24.6 Å². The Balaban J connectivity index is 2.51. The average molecular weight is 357 g/mol. The highest BCUT2D eigenvalue weighted by atomic mass is 79.9. The molecule has 0 aliphatic rings. The summed E-state index contributed by atoms with van der Waals surface area (Å²) in [5.74, 6) is 0.587. The lowest BCUT2D eigenvalue weighted by molar-refractivity contribution is -0.123. The zero-order valence-corrected chi connectivity index (χ0v) is 14.8. The fraction of sp³-hybridized carbons (Fsp3) is 0.562. The average Bonchev–Trinajstić information content (AvgIpc) is 2.43. The minimum Gasteiger partial charge on any atom is -0.483 e. The van der Waals surface area contributed by atoms with Crippen molar-refractivity contribution < 1.29 is 9.53 Å². The first-order chi connectivity index (χ1) is 9.92. The van der Waals surface area contributed by atoms with E-state index in [1.807, 2.05) is 32.0 Å². The van der Waals surface area contributed by atoms with Crippen molar-refractivity contribution in [3.63, 3.8) is 0 Å². The van der Waals surface area contributed by atoms with E-state index in [2.05, 4.69) is 40.4 Å². The van der Waals surface area contributed by atoms with Crippen LogP contribution in [0.3, 0.4) is 0 Å². The summed E-state index contributed by atoms with van der Waals surface area (Å²) >= 11 is 3.48. The van der Waals surface area contributed by atoms with E-state index in [0.717, 1.165) is 17.4 Å². The molecule has 0 bridgehead atoms. The molecule has 0 heterocycles. The fourth-order valence-electron chi connectivity index (χ4n) is 1.66. The summed E-state index contributed by atoms with van der Waals surface area (Å²) in [7, 11) is 0. The monoisotopic (exact) mass is 356 g/mol. The Morgan fingerprint density at radius 3 is 2.62 bits per heavy atom. The molecular weight excluding hydrogens is 332 g/mol. The largest absolute Gasteiger partial charge is 0.483 e. The van der Waals surface area contributed by atoms with Gasteiger partial charge in [0.05, 0.1) is 4.47 Å². The second-order valence-corrected chi connectivity index (χ2v) is 6.32. The molecule has 1 rings (SSSR count). The van der Waals surface area contributed by atoms with Crippen LogP contribution in [0.5, 0.6) is 5.75 Å². The quantitative estimate of drug-likeness (QED) is 0.751. The van der Waals surface area contributed by atoms with Gasteiger partial charge in [-0.1, -0.05) is 26.8 Å². The van der Waals surface area contributed by atoms with E-state index in [-0.39, 0.29) is 18.6 Å². The third-order valence-electron chi connectivity index (χ3n) is 3.09. The predicted molar refractivity (Wildman–Crippen MR) is 89.5 cm³/mol. The van der Waals surface area contributed by atoms with Crippen molar-refractivity contribution >= 4 is 21.8 Å². The van der Waals surface area contributed by atoms with E-state index in [9.17, 15) is 4.79 Å². The highest BCUT2D eigenvalue weighted by molar-refractivity contribution is 9.10. The molecule has 21 heavy (non-hydrogen) atoms. The third kappa shape index (κ3) is 6.96. The zero-order chi connectivity index (χ0) is 15.8. The number of ether oxygens (including phenoxy) is 1. The van der Waals surface area contributed by atoms with Crippen LogP contribution < -0.4 is 15.4 Å². The summed E-state index contributed by atoms with van der Waals surface area (Å²) in [6, 6.07) is 6.52. The molecule has 0 saturated carbocycles. The molecule has 0 aliphatic heterocycles. The number of benzene rings is 1. The Bertz CT molecular complexity index is 464. The molecule has 1 atom stereocenters. The topological polar surface area (TPSA) is 50.4 Å². The van der Waals surface area contributed by atoms with Gasteiger partial charge in [-0.05, 0) is 47.0 Å². The van der Waals surface area contributed by atoms with Crippen molar-refractivity contribution in [3.8, 4) is 5.75 Å². The summed E-state index contributed by atoms with van der Waals surface area (Å²) in [6.45, 7) is 9.08. The second kappa shape index (κ2) is 9.05. The molecule has 0 saturated heterocycles. The lowest BCUT2D eigenvalue weighted by Crippen LogP contribution is -2.35. The van der Waals surface area contributed by atoms with Crippen molar-refractivity contribution in [2.75, 3.05) is 6.61 Å². The van der Waals surface area contributed by atoms with Gasteiger partial charge in [-0.25, -0.2) is 0 Å². The number of carbonyl (C=O) groups is 1. The van der Waals surface area contributed by atoms with E-state index in [1.165, 1.54) is 5.56 Å². The number of hydrogen-bond donors (Lipinski definition) is 2. The Morgan fingerprint density at radius 1 is 1.33 bits per heavy atom. The molecule has 5 heteroatoms. The minimum absolute atomic E-state index is 0.0343. The van der Waals surface area contributed by atoms with Gasteiger partial charge in [-0.3, -0.25) is 4.79 Å². The Morgan fingerprint density at radius 2 is 2.05 bits per heavy atom. The van der Waals surface area contributed by atoms with Crippen molar-refractivity contribution in [3.05, 3.63) is 28.2 Å². The molecule has 2 N–H and O–H groups in total. The molecule has 0 spiro atoms. The van der Waals surface area contributed by atoms with E-state index in [1.54, 1.807) is 0 Å². The molecule has 1 aromatic rings. The number of rotatable bonds is 8. The second-order valence-electron chi connectivity index (χ2n) is 5.47. The summed E-state index contributed by atoms with van der Waals surface area (Å²) in [4.78, 5) is 11.7. The number of amides is 1. The van der Waals surface area contributed by atoms with Gasteiger partial charge in [-0.2, -0.15) is 0 Å². The first kappa shape index (κ1) is 18.0. The lowest BCUT2D eigenvalue weighted by Gasteiger charge is -2.13. The van der Waals surface area contributed by atoms with Crippen LogP contribution in [0.2, 0.25) is 0 Å². The Labute approximate surface area is 135 Å². The molecule has 4 nitrogen and oxygen atoms in total. The van der Waals surface area contributed by atoms with Gasteiger partial charge >= 0.3 is 0 Å². The number of carbonyl (C=O) groups excluding carboxylic acids is 1. The smallest absolute Gasteiger partial charge is 0.258 e. The van der Waals surface area contributed by atoms with Gasteiger partial charge in [0.2, 0.25) is 0 Å². The maximum Gasteiger partial charge on any atom is 0.258 e. The first-order valence-corrected chi connectivity index (χ1v) is 8.15. The predicted octanol–water partition coefficient (Wildman–Crippen LogP) is 3.24. The van der Waals surface area contributed by atoms with Crippen molar-refractivity contribution in [2.45, 2.75) is 52.7 Å². The van der Waals surface area contributed by atoms with Crippen LogP contribution in [0.4, 0.5) is 0 Å². The maximum absolute atomic E-state index is 11.7. The summed E-state index contributed by atoms with van der Waals surface area (Å²) in [6.07, 6.45) is 0.910. The SMILES string of the molecule is CCC(C)NC(=O)COc1ccc(CNC(C)C)cc1Br. The van der Waals surface area contributed by atoms with Crippen LogP contribution in [0.15, 0.2) is 22.7 Å². The molecular formula is C16H25BrN2O2. The van der Waals surface area contributed by atoms with Crippen molar-refractivity contribution in [1.29, 1.82) is 0 Å². The van der Waals surface area contributed by atoms with E-state index in [4.69, 9.17) is 4.74 Å². The van der Waals surface area contributed by atoms with Crippen LogP contribution in [0, 0.1) is 0 Å². The molecule has 0 aliphatic carbocycles. The van der Waals surface area contributed by atoms with Gasteiger partial charge < -0.3 is 15.4 Å². The summed E-state index contributed by atoms with van der Waals surface area (Å²) < 4.78 is 6.41. The molecule has 1 aromatic carbocycles. The zero-order valence-electron chi connectivity index (χ0n) is 13.2. The highest BCUT2D eigenvalue weighted by Crippen LogP contribution is 2.26. The maximum atomic E-state index is 11.7. The van der Waals surface area contributed by atoms with Gasteiger partial charge in [0.25, 0.3) is 5.91 Å². The number of nitrogens with one attached hydrogen (secondary N) is 2. The van der Waals surface area contributed by atoms with Crippen LogP contribution in [0.25, 0.3) is 0 Å². The van der Waals surface area contributed by atoms with Gasteiger partial charge in [0.15, 0.2) is 6.61 Å². The Hall–Kier alpha value is -1.07. The van der Waals surface area contributed by atoms with E-state index in [0.29, 0.717) is 11.8 Å². The number of hydrogen-bond acceptors (Lipinski definition) is 3. The van der Waals surface area contributed by atoms with Crippen LogP contribution in [-0.2, 0) is 11.3 Å². The van der Waals surface area contributed by atoms with Crippen molar-refractivity contribution in [2.24, 2.45) is 0 Å². The minimum atomic E-state index is -0.0956. The van der Waals surface area contributed by atoms with Crippen LogP contribution >= 0.6 is 15.9 Å². The first-order valence-electron chi connectivity index (χ1n) is 7.36. The standard InChI is InChI=1S/C16H25BrN2O2/c1-5-12(4)19-16(20)10-21-15-7-6-13(8-14(15)17)9-18-11(2)3/h6-8,11-12,18H,5,9-10H2,1-4H3,(H,19,20). The molecule has 118 valence electrons.